The second-order valence-electron chi connectivity index (χ2n) is 4.34. The highest BCUT2D eigenvalue weighted by Gasteiger charge is 2.11. The van der Waals surface area contributed by atoms with Crippen LogP contribution in [0.3, 0.4) is 0 Å². The molecule has 0 bridgehead atoms. The summed E-state index contributed by atoms with van der Waals surface area (Å²) in [5.74, 6) is -0.299. The summed E-state index contributed by atoms with van der Waals surface area (Å²) in [7, 11) is 1.28. The maximum absolute atomic E-state index is 11.9. The average molecular weight is 320 g/mol. The zero-order valence-electron chi connectivity index (χ0n) is 11.8. The second-order valence-corrected chi connectivity index (χ2v) is 4.74. The molecule has 22 heavy (non-hydrogen) atoms. The molecule has 0 unspecified atom stereocenters. The number of carbonyl (C=O) groups is 2. The van der Waals surface area contributed by atoms with Gasteiger partial charge < -0.3 is 14.8 Å². The van der Waals surface area contributed by atoms with Gasteiger partial charge >= 0.3 is 5.97 Å². The first-order valence-electron chi connectivity index (χ1n) is 6.45. The van der Waals surface area contributed by atoms with Crippen LogP contribution in [0.1, 0.15) is 10.4 Å². The number of halogens is 1. The Morgan fingerprint density at radius 1 is 1.14 bits per heavy atom. The van der Waals surface area contributed by atoms with Crippen molar-refractivity contribution < 1.29 is 19.1 Å². The van der Waals surface area contributed by atoms with E-state index in [2.05, 4.69) is 10.1 Å². The monoisotopic (exact) mass is 319 g/mol. The topological polar surface area (TPSA) is 64.6 Å². The lowest BCUT2D eigenvalue weighted by atomic mass is 10.2. The quantitative estimate of drug-likeness (QED) is 0.860. The SMILES string of the molecule is COC(=O)c1ccc(Cl)c(NC(=O)COc2ccccc2)c1. The minimum atomic E-state index is -0.507. The average Bonchev–Trinajstić information content (AvgIpc) is 2.55. The molecule has 0 saturated carbocycles. The number of hydrogen-bond acceptors (Lipinski definition) is 4. The maximum atomic E-state index is 11.9. The van der Waals surface area contributed by atoms with Crippen LogP contribution in [0.15, 0.2) is 48.5 Å². The van der Waals surface area contributed by atoms with E-state index < -0.39 is 5.97 Å². The third-order valence-corrected chi connectivity index (χ3v) is 3.10. The van der Waals surface area contributed by atoms with Crippen molar-refractivity contribution in [3.8, 4) is 5.75 Å². The Bertz CT molecular complexity index is 673. The number of rotatable bonds is 5. The van der Waals surface area contributed by atoms with Gasteiger partial charge in [0.05, 0.1) is 23.4 Å². The van der Waals surface area contributed by atoms with Gasteiger partial charge in [-0.05, 0) is 30.3 Å². The molecule has 0 aliphatic carbocycles. The molecule has 5 nitrogen and oxygen atoms in total. The van der Waals surface area contributed by atoms with E-state index in [-0.39, 0.29) is 12.5 Å². The van der Waals surface area contributed by atoms with Gasteiger partial charge in [-0.15, -0.1) is 0 Å². The largest absolute Gasteiger partial charge is 0.484 e. The second kappa shape index (κ2) is 7.47. The van der Waals surface area contributed by atoms with E-state index in [1.54, 1.807) is 12.1 Å². The molecule has 6 heteroatoms. The Kier molecular flexibility index (Phi) is 5.38. The van der Waals surface area contributed by atoms with E-state index in [4.69, 9.17) is 16.3 Å². The molecular formula is C16H14ClNO4. The molecule has 0 radical (unpaired) electrons. The van der Waals surface area contributed by atoms with Crippen molar-refractivity contribution in [3.63, 3.8) is 0 Å². The minimum Gasteiger partial charge on any atom is -0.484 e. The predicted octanol–water partition coefficient (Wildman–Crippen LogP) is 3.14. The molecule has 0 atom stereocenters. The molecule has 1 N–H and O–H groups in total. The van der Waals surface area contributed by atoms with Gasteiger partial charge in [-0.3, -0.25) is 4.79 Å². The Hall–Kier alpha value is -2.53. The van der Waals surface area contributed by atoms with Crippen molar-refractivity contribution >= 4 is 29.2 Å². The van der Waals surface area contributed by atoms with Crippen molar-refractivity contribution in [2.75, 3.05) is 19.0 Å². The Morgan fingerprint density at radius 2 is 1.86 bits per heavy atom. The molecular weight excluding hydrogens is 306 g/mol. The van der Waals surface area contributed by atoms with Crippen molar-refractivity contribution in [3.05, 3.63) is 59.1 Å². The van der Waals surface area contributed by atoms with Crippen LogP contribution in [0, 0.1) is 0 Å². The van der Waals surface area contributed by atoms with Crippen LogP contribution in [0.4, 0.5) is 5.69 Å². The highest BCUT2D eigenvalue weighted by Crippen LogP contribution is 2.23. The van der Waals surface area contributed by atoms with Crippen LogP contribution in [0.25, 0.3) is 0 Å². The van der Waals surface area contributed by atoms with E-state index in [0.29, 0.717) is 22.0 Å². The van der Waals surface area contributed by atoms with Gasteiger partial charge in [0, 0.05) is 0 Å². The number of hydrogen-bond donors (Lipinski definition) is 1. The Morgan fingerprint density at radius 3 is 2.55 bits per heavy atom. The van der Waals surface area contributed by atoms with Gasteiger partial charge in [-0.1, -0.05) is 29.8 Å². The molecule has 0 spiro atoms. The Balaban J connectivity index is 2.00. The molecule has 0 aliphatic rings. The van der Waals surface area contributed by atoms with Crippen LogP contribution in [0.2, 0.25) is 5.02 Å². The molecule has 0 fully saturated rings. The molecule has 2 aromatic rings. The zero-order chi connectivity index (χ0) is 15.9. The number of ether oxygens (including phenoxy) is 2. The molecule has 0 saturated heterocycles. The Labute approximate surface area is 132 Å². The van der Waals surface area contributed by atoms with Gasteiger partial charge in [0.25, 0.3) is 5.91 Å². The predicted molar refractivity (Wildman–Crippen MR) is 83.4 cm³/mol. The van der Waals surface area contributed by atoms with Crippen LogP contribution in [-0.2, 0) is 9.53 Å². The lowest BCUT2D eigenvalue weighted by molar-refractivity contribution is -0.118. The number of anilines is 1. The first-order chi connectivity index (χ1) is 10.6. The minimum absolute atomic E-state index is 0.164. The fraction of sp³-hybridized carbons (Fsp3) is 0.125. The van der Waals surface area contributed by atoms with Gasteiger partial charge in [-0.2, -0.15) is 0 Å². The van der Waals surface area contributed by atoms with Crippen molar-refractivity contribution in [1.82, 2.24) is 0 Å². The molecule has 0 aliphatic heterocycles. The molecule has 114 valence electrons. The molecule has 1 amide bonds. The van der Waals surface area contributed by atoms with Crippen LogP contribution in [0.5, 0.6) is 5.75 Å². The number of para-hydroxylation sites is 1. The van der Waals surface area contributed by atoms with E-state index >= 15 is 0 Å². The summed E-state index contributed by atoms with van der Waals surface area (Å²) in [6.45, 7) is -0.164. The van der Waals surface area contributed by atoms with Gasteiger partial charge in [0.2, 0.25) is 0 Å². The summed E-state index contributed by atoms with van der Waals surface area (Å²) in [5.41, 5.74) is 0.623. The van der Waals surface area contributed by atoms with Crippen LogP contribution in [-0.4, -0.2) is 25.6 Å². The van der Waals surface area contributed by atoms with E-state index in [1.807, 2.05) is 18.2 Å². The zero-order valence-corrected chi connectivity index (χ0v) is 12.6. The number of nitrogens with one attached hydrogen (secondary N) is 1. The van der Waals surface area contributed by atoms with Crippen LogP contribution >= 0.6 is 11.6 Å². The van der Waals surface area contributed by atoms with E-state index in [9.17, 15) is 9.59 Å². The summed E-state index contributed by atoms with van der Waals surface area (Å²) >= 11 is 6.00. The number of benzene rings is 2. The molecule has 0 aromatic heterocycles. The summed E-state index contributed by atoms with van der Waals surface area (Å²) in [5, 5.41) is 2.92. The first-order valence-corrected chi connectivity index (χ1v) is 6.83. The third kappa shape index (κ3) is 4.23. The number of carbonyl (C=O) groups excluding carboxylic acids is 2. The number of esters is 1. The highest BCUT2D eigenvalue weighted by molar-refractivity contribution is 6.33. The van der Waals surface area contributed by atoms with E-state index in [0.717, 1.165) is 0 Å². The van der Waals surface area contributed by atoms with Crippen LogP contribution < -0.4 is 10.1 Å². The smallest absolute Gasteiger partial charge is 0.337 e. The van der Waals surface area contributed by atoms with Crippen molar-refractivity contribution in [2.45, 2.75) is 0 Å². The van der Waals surface area contributed by atoms with Gasteiger partial charge in [0.1, 0.15) is 5.75 Å². The molecule has 0 heterocycles. The summed E-state index contributed by atoms with van der Waals surface area (Å²) in [6, 6.07) is 13.5. The van der Waals surface area contributed by atoms with Crippen molar-refractivity contribution in [2.24, 2.45) is 0 Å². The lowest BCUT2D eigenvalue weighted by Crippen LogP contribution is -2.20. The molecule has 2 rings (SSSR count). The first kappa shape index (κ1) is 15.9. The summed E-state index contributed by atoms with van der Waals surface area (Å²) in [6.07, 6.45) is 0. The lowest BCUT2D eigenvalue weighted by Gasteiger charge is -2.10. The maximum Gasteiger partial charge on any atom is 0.337 e. The highest BCUT2D eigenvalue weighted by atomic mass is 35.5. The van der Waals surface area contributed by atoms with Crippen molar-refractivity contribution in [1.29, 1.82) is 0 Å². The normalized spacial score (nSPS) is 9.91. The summed E-state index contributed by atoms with van der Waals surface area (Å²) < 4.78 is 9.95. The third-order valence-electron chi connectivity index (χ3n) is 2.77. The number of amides is 1. The molecule has 2 aromatic carbocycles. The van der Waals surface area contributed by atoms with Gasteiger partial charge in [-0.25, -0.2) is 4.79 Å². The summed E-state index contributed by atoms with van der Waals surface area (Å²) in [4.78, 5) is 23.3. The van der Waals surface area contributed by atoms with Gasteiger partial charge in [0.15, 0.2) is 6.61 Å². The van der Waals surface area contributed by atoms with E-state index in [1.165, 1.54) is 25.3 Å². The fourth-order valence-corrected chi connectivity index (χ4v) is 1.88. The fourth-order valence-electron chi connectivity index (χ4n) is 1.72. The number of methoxy groups -OCH3 is 1. The standard InChI is InChI=1S/C16H14ClNO4/c1-21-16(20)11-7-8-13(17)14(9-11)18-15(19)10-22-12-5-3-2-4-6-12/h2-9H,10H2,1H3,(H,18,19).